The van der Waals surface area contributed by atoms with E-state index in [1.807, 2.05) is 0 Å². The molecule has 3 aromatic rings. The van der Waals surface area contributed by atoms with Crippen LogP contribution in [0.1, 0.15) is 18.7 Å². The molecule has 1 aromatic carbocycles. The molecule has 3 amide bonds. The summed E-state index contributed by atoms with van der Waals surface area (Å²) in [4.78, 5) is 61.8. The Hall–Kier alpha value is -4.55. The number of hydrogen-bond donors (Lipinski definition) is 3. The molecule has 36 heavy (non-hydrogen) atoms. The van der Waals surface area contributed by atoms with Gasteiger partial charge in [-0.1, -0.05) is 6.08 Å². The molecule has 0 aliphatic heterocycles. The number of H-pyrrole nitrogens is 1. The highest BCUT2D eigenvalue weighted by molar-refractivity contribution is 5.96. The van der Waals surface area contributed by atoms with Crippen LogP contribution >= 0.6 is 0 Å². The standard InChI is InChI=1S/C23H26FN7O5/c1-30(2)20(32)7-5-4-6-16(29-23(35)36-3)21(33)28-18-11-25-13-31(22(18)34)12-19-26-15-9-8-14(24)10-17(15)27-19/h5,7-11,13,16H,4,6,12H2,1-3H3,(H,26,27)(H,28,33)(H,29,35)/b7-5+. The highest BCUT2D eigenvalue weighted by Crippen LogP contribution is 2.13. The van der Waals surface area contributed by atoms with Crippen molar-refractivity contribution in [3.63, 3.8) is 0 Å². The number of methoxy groups -OCH3 is 1. The number of benzene rings is 1. The molecule has 0 radical (unpaired) electrons. The maximum Gasteiger partial charge on any atom is 0.407 e. The number of carbonyl (C=O) groups excluding carboxylic acids is 3. The third kappa shape index (κ3) is 6.74. The third-order valence-corrected chi connectivity index (χ3v) is 5.09. The van der Waals surface area contributed by atoms with Crippen molar-refractivity contribution in [1.29, 1.82) is 0 Å². The summed E-state index contributed by atoms with van der Waals surface area (Å²) in [6.07, 6.45) is 5.02. The first kappa shape index (κ1) is 26.1. The van der Waals surface area contributed by atoms with Crippen molar-refractivity contribution in [3.8, 4) is 0 Å². The van der Waals surface area contributed by atoms with Gasteiger partial charge >= 0.3 is 6.09 Å². The van der Waals surface area contributed by atoms with Crippen LogP contribution < -0.4 is 16.2 Å². The van der Waals surface area contributed by atoms with E-state index >= 15 is 0 Å². The normalized spacial score (nSPS) is 11.9. The lowest BCUT2D eigenvalue weighted by molar-refractivity contribution is -0.123. The van der Waals surface area contributed by atoms with E-state index in [1.54, 1.807) is 26.2 Å². The second-order valence-electron chi connectivity index (χ2n) is 7.98. The van der Waals surface area contributed by atoms with E-state index in [0.29, 0.717) is 23.3 Å². The van der Waals surface area contributed by atoms with Gasteiger partial charge in [0, 0.05) is 20.2 Å². The fourth-order valence-electron chi connectivity index (χ4n) is 3.20. The minimum Gasteiger partial charge on any atom is -0.453 e. The molecule has 0 aliphatic rings. The zero-order valence-electron chi connectivity index (χ0n) is 19.9. The monoisotopic (exact) mass is 499 g/mol. The van der Waals surface area contributed by atoms with Gasteiger partial charge in [-0.3, -0.25) is 19.0 Å². The Labute approximate surface area is 205 Å². The first-order valence-corrected chi connectivity index (χ1v) is 10.9. The van der Waals surface area contributed by atoms with Crippen molar-refractivity contribution in [3.05, 3.63) is 64.9 Å². The van der Waals surface area contributed by atoms with Crippen LogP contribution in [0, 0.1) is 5.82 Å². The maximum atomic E-state index is 13.4. The van der Waals surface area contributed by atoms with Crippen LogP contribution in [0.25, 0.3) is 11.0 Å². The number of anilines is 1. The molecule has 3 rings (SSSR count). The number of imidazole rings is 1. The minimum absolute atomic E-state index is 0.000377. The Bertz CT molecular complexity index is 1350. The number of aromatic nitrogens is 4. The first-order chi connectivity index (χ1) is 17.2. The van der Waals surface area contributed by atoms with Crippen LogP contribution in [0.4, 0.5) is 14.9 Å². The van der Waals surface area contributed by atoms with Gasteiger partial charge in [-0.25, -0.2) is 19.2 Å². The Kier molecular flexibility index (Phi) is 8.49. The molecule has 12 nitrogen and oxygen atoms in total. The zero-order chi connectivity index (χ0) is 26.2. The van der Waals surface area contributed by atoms with Gasteiger partial charge in [0.2, 0.25) is 11.8 Å². The second kappa shape index (κ2) is 11.7. The number of hydrogen-bond acceptors (Lipinski definition) is 7. The largest absolute Gasteiger partial charge is 0.453 e. The van der Waals surface area contributed by atoms with Crippen molar-refractivity contribution >= 4 is 34.6 Å². The van der Waals surface area contributed by atoms with E-state index in [4.69, 9.17) is 0 Å². The van der Waals surface area contributed by atoms with E-state index in [1.165, 1.54) is 40.2 Å². The van der Waals surface area contributed by atoms with Gasteiger partial charge < -0.3 is 25.3 Å². The molecule has 190 valence electrons. The number of carbonyl (C=O) groups is 3. The van der Waals surface area contributed by atoms with E-state index in [2.05, 4.69) is 30.3 Å². The second-order valence-corrected chi connectivity index (χ2v) is 7.98. The lowest BCUT2D eigenvalue weighted by Crippen LogP contribution is -2.44. The van der Waals surface area contributed by atoms with E-state index in [-0.39, 0.29) is 24.6 Å². The van der Waals surface area contributed by atoms with Crippen molar-refractivity contribution in [1.82, 2.24) is 29.7 Å². The third-order valence-electron chi connectivity index (χ3n) is 5.09. The summed E-state index contributed by atoms with van der Waals surface area (Å²) >= 11 is 0. The fraction of sp³-hybridized carbons (Fsp3) is 0.304. The highest BCUT2D eigenvalue weighted by Gasteiger charge is 2.22. The number of aromatic amines is 1. The Morgan fingerprint density at radius 1 is 1.31 bits per heavy atom. The maximum absolute atomic E-state index is 13.4. The molecular weight excluding hydrogens is 473 g/mol. The van der Waals surface area contributed by atoms with Gasteiger partial charge in [0.1, 0.15) is 23.4 Å². The number of fused-ring (bicyclic) bond motifs is 1. The van der Waals surface area contributed by atoms with Crippen LogP contribution in [0.5, 0.6) is 0 Å². The Morgan fingerprint density at radius 3 is 2.81 bits per heavy atom. The number of halogens is 1. The molecule has 0 spiro atoms. The number of nitrogens with zero attached hydrogens (tertiary/aromatic N) is 4. The van der Waals surface area contributed by atoms with Gasteiger partial charge in [-0.2, -0.15) is 0 Å². The molecule has 2 aromatic heterocycles. The van der Waals surface area contributed by atoms with Gasteiger partial charge in [-0.15, -0.1) is 0 Å². The van der Waals surface area contributed by atoms with Gasteiger partial charge in [0.15, 0.2) is 0 Å². The van der Waals surface area contributed by atoms with Gasteiger partial charge in [0.25, 0.3) is 5.56 Å². The van der Waals surface area contributed by atoms with Crippen molar-refractivity contribution in [2.75, 3.05) is 26.5 Å². The highest BCUT2D eigenvalue weighted by atomic mass is 19.1. The molecule has 0 saturated heterocycles. The lowest BCUT2D eigenvalue weighted by Gasteiger charge is -2.17. The lowest BCUT2D eigenvalue weighted by atomic mass is 10.1. The van der Waals surface area contributed by atoms with E-state index < -0.39 is 29.4 Å². The molecule has 0 saturated carbocycles. The van der Waals surface area contributed by atoms with Gasteiger partial charge in [-0.05, 0) is 31.1 Å². The number of alkyl carbamates (subject to hydrolysis) is 1. The van der Waals surface area contributed by atoms with Gasteiger partial charge in [0.05, 0.1) is 37.2 Å². The molecule has 0 fully saturated rings. The molecule has 0 aliphatic carbocycles. The summed E-state index contributed by atoms with van der Waals surface area (Å²) in [5, 5.41) is 4.90. The summed E-state index contributed by atoms with van der Waals surface area (Å²) in [6, 6.07) is 3.06. The number of amides is 3. The molecule has 2 heterocycles. The molecule has 3 N–H and O–H groups in total. The molecular formula is C23H26FN7O5. The Balaban J connectivity index is 1.73. The van der Waals surface area contributed by atoms with E-state index in [9.17, 15) is 23.6 Å². The summed E-state index contributed by atoms with van der Waals surface area (Å²) in [7, 11) is 4.37. The van der Waals surface area contributed by atoms with Crippen LogP contribution in [0.15, 0.2) is 47.7 Å². The Morgan fingerprint density at radius 2 is 2.08 bits per heavy atom. The average molecular weight is 500 g/mol. The topological polar surface area (TPSA) is 151 Å². The summed E-state index contributed by atoms with van der Waals surface area (Å²) < 4.78 is 19.2. The molecule has 1 unspecified atom stereocenters. The number of allylic oxidation sites excluding steroid dienone is 1. The summed E-state index contributed by atoms with van der Waals surface area (Å²) in [5.74, 6) is -0.919. The van der Waals surface area contributed by atoms with Crippen molar-refractivity contribution < 1.29 is 23.5 Å². The molecule has 1 atom stereocenters. The predicted molar refractivity (Wildman–Crippen MR) is 129 cm³/mol. The molecule has 0 bridgehead atoms. The van der Waals surface area contributed by atoms with E-state index in [0.717, 1.165) is 7.11 Å². The van der Waals surface area contributed by atoms with Crippen molar-refractivity contribution in [2.45, 2.75) is 25.4 Å². The SMILES string of the molecule is COC(=O)NC(CC/C=C/C(=O)N(C)C)C(=O)Nc1cncn(Cc2nc3cc(F)ccc3[nH]2)c1=O. The van der Waals surface area contributed by atoms with Crippen LogP contribution in [0.2, 0.25) is 0 Å². The fourth-order valence-corrected chi connectivity index (χ4v) is 3.20. The number of likely N-dealkylation sites (N-methyl/N-ethyl adjacent to an activating group) is 1. The van der Waals surface area contributed by atoms with Crippen molar-refractivity contribution in [2.24, 2.45) is 0 Å². The average Bonchev–Trinajstić information content (AvgIpc) is 3.24. The number of nitrogens with one attached hydrogen (secondary N) is 3. The smallest absolute Gasteiger partial charge is 0.407 e. The quantitative estimate of drug-likeness (QED) is 0.376. The van der Waals surface area contributed by atoms with Crippen LogP contribution in [0.3, 0.4) is 0 Å². The number of rotatable bonds is 9. The minimum atomic E-state index is -1.05. The summed E-state index contributed by atoms with van der Waals surface area (Å²) in [5.41, 5.74) is 0.348. The zero-order valence-corrected chi connectivity index (χ0v) is 19.9. The number of ether oxygens (including phenoxy) is 1. The summed E-state index contributed by atoms with van der Waals surface area (Å²) in [6.45, 7) is 0.000377. The predicted octanol–water partition coefficient (Wildman–Crippen LogP) is 1.39. The first-order valence-electron chi connectivity index (χ1n) is 10.9. The van der Waals surface area contributed by atoms with Crippen LogP contribution in [-0.4, -0.2) is 69.6 Å². The van der Waals surface area contributed by atoms with Crippen LogP contribution in [-0.2, 0) is 20.9 Å². The molecule has 13 heteroatoms.